The molecule has 0 spiro atoms. The molecule has 1 fully saturated rings. The first-order valence-corrected chi connectivity index (χ1v) is 9.78. The van der Waals surface area contributed by atoms with Crippen LogP contribution in [-0.2, 0) is 9.53 Å². The van der Waals surface area contributed by atoms with E-state index in [1.165, 1.54) is 0 Å². The molecule has 1 heterocycles. The number of nitrogens with zero attached hydrogens (tertiary/aromatic N) is 2. The lowest BCUT2D eigenvalue weighted by Gasteiger charge is -2.10. The fourth-order valence-electron chi connectivity index (χ4n) is 3.02. The molecule has 1 aliphatic carbocycles. The maximum absolute atomic E-state index is 12.7. The molecular formula is C22H20ClN3O3. The number of hydrogen-bond acceptors (Lipinski definition) is 4. The Morgan fingerprint density at radius 3 is 2.66 bits per heavy atom. The highest BCUT2D eigenvalue weighted by Crippen LogP contribution is 2.39. The minimum atomic E-state index is -0.591. The van der Waals surface area contributed by atoms with E-state index < -0.39 is 18.5 Å². The van der Waals surface area contributed by atoms with Crippen molar-refractivity contribution in [3.63, 3.8) is 0 Å². The lowest BCUT2D eigenvalue weighted by atomic mass is 10.2. The third kappa shape index (κ3) is 4.32. The molecule has 148 valence electrons. The molecule has 0 saturated heterocycles. The summed E-state index contributed by atoms with van der Waals surface area (Å²) in [5.41, 5.74) is 3.30. The Balaban J connectivity index is 1.47. The average Bonchev–Trinajstić information content (AvgIpc) is 3.48. The number of carbonyl (C=O) groups excluding carboxylic acids is 2. The van der Waals surface area contributed by atoms with Crippen LogP contribution in [0.1, 0.15) is 40.5 Å². The monoisotopic (exact) mass is 409 g/mol. The second kappa shape index (κ2) is 8.09. The quantitative estimate of drug-likeness (QED) is 0.608. The topological polar surface area (TPSA) is 73.2 Å². The number of nitrogens with one attached hydrogen (secondary N) is 1. The van der Waals surface area contributed by atoms with Crippen molar-refractivity contribution in [2.75, 3.05) is 11.9 Å². The van der Waals surface area contributed by atoms with Gasteiger partial charge in [0.2, 0.25) is 0 Å². The van der Waals surface area contributed by atoms with E-state index in [1.807, 2.05) is 37.3 Å². The van der Waals surface area contributed by atoms with Gasteiger partial charge in [-0.15, -0.1) is 0 Å². The molecule has 6 nitrogen and oxygen atoms in total. The van der Waals surface area contributed by atoms with Crippen molar-refractivity contribution in [2.45, 2.75) is 25.7 Å². The minimum absolute atomic E-state index is 0.310. The number of anilines is 1. The molecular weight excluding hydrogens is 390 g/mol. The van der Waals surface area contributed by atoms with Gasteiger partial charge < -0.3 is 10.1 Å². The predicted molar refractivity (Wildman–Crippen MR) is 111 cm³/mol. The van der Waals surface area contributed by atoms with Gasteiger partial charge in [0.1, 0.15) is 0 Å². The second-order valence-electron chi connectivity index (χ2n) is 7.01. The van der Waals surface area contributed by atoms with Crippen LogP contribution in [0, 0.1) is 6.92 Å². The van der Waals surface area contributed by atoms with Gasteiger partial charge in [0, 0.05) is 16.6 Å². The largest absolute Gasteiger partial charge is 0.451 e. The van der Waals surface area contributed by atoms with Crippen LogP contribution in [0.5, 0.6) is 0 Å². The first-order chi connectivity index (χ1) is 14.0. The zero-order valence-corrected chi connectivity index (χ0v) is 16.6. The van der Waals surface area contributed by atoms with E-state index in [0.717, 1.165) is 29.8 Å². The van der Waals surface area contributed by atoms with Crippen LogP contribution < -0.4 is 5.32 Å². The molecule has 0 unspecified atom stereocenters. The lowest BCUT2D eigenvalue weighted by molar-refractivity contribution is -0.119. The summed E-state index contributed by atoms with van der Waals surface area (Å²) in [4.78, 5) is 24.9. The van der Waals surface area contributed by atoms with Gasteiger partial charge in [-0.25, -0.2) is 9.48 Å². The number of para-hydroxylation sites is 1. The molecule has 4 rings (SSSR count). The Morgan fingerprint density at radius 2 is 1.93 bits per heavy atom. The van der Waals surface area contributed by atoms with E-state index in [1.54, 1.807) is 28.9 Å². The van der Waals surface area contributed by atoms with Crippen LogP contribution in [0.4, 0.5) is 5.69 Å². The Hall–Kier alpha value is -3.12. The SMILES string of the molecule is Cc1c(Cl)cccc1NC(=O)COC(=O)c1cc(C2CC2)nn1-c1ccccc1. The first-order valence-electron chi connectivity index (χ1n) is 9.40. The molecule has 29 heavy (non-hydrogen) atoms. The molecule has 1 amide bonds. The first kappa shape index (κ1) is 19.2. The summed E-state index contributed by atoms with van der Waals surface area (Å²) in [6, 6.07) is 16.4. The summed E-state index contributed by atoms with van der Waals surface area (Å²) in [7, 11) is 0. The lowest BCUT2D eigenvalue weighted by Crippen LogP contribution is -2.22. The summed E-state index contributed by atoms with van der Waals surface area (Å²) in [6.45, 7) is 1.41. The average molecular weight is 410 g/mol. The van der Waals surface area contributed by atoms with Gasteiger partial charge >= 0.3 is 5.97 Å². The van der Waals surface area contributed by atoms with Crippen molar-refractivity contribution >= 4 is 29.2 Å². The summed E-state index contributed by atoms with van der Waals surface area (Å²) >= 11 is 6.07. The van der Waals surface area contributed by atoms with Crippen LogP contribution in [0.25, 0.3) is 5.69 Å². The summed E-state index contributed by atoms with van der Waals surface area (Å²) in [6.07, 6.45) is 2.14. The van der Waals surface area contributed by atoms with Crippen molar-refractivity contribution in [1.29, 1.82) is 0 Å². The summed E-state index contributed by atoms with van der Waals surface area (Å²) < 4.78 is 6.84. The normalized spacial score (nSPS) is 13.2. The second-order valence-corrected chi connectivity index (χ2v) is 7.42. The number of hydrogen-bond donors (Lipinski definition) is 1. The van der Waals surface area contributed by atoms with Crippen molar-refractivity contribution < 1.29 is 14.3 Å². The molecule has 7 heteroatoms. The van der Waals surface area contributed by atoms with Crippen molar-refractivity contribution in [3.05, 3.63) is 76.6 Å². The van der Waals surface area contributed by atoms with Gasteiger partial charge in [0.25, 0.3) is 5.91 Å². The third-order valence-corrected chi connectivity index (χ3v) is 5.22. The highest BCUT2D eigenvalue weighted by molar-refractivity contribution is 6.31. The Kier molecular flexibility index (Phi) is 5.36. The number of aromatic nitrogens is 2. The van der Waals surface area contributed by atoms with E-state index in [4.69, 9.17) is 16.3 Å². The number of halogens is 1. The van der Waals surface area contributed by atoms with Gasteiger partial charge in [-0.3, -0.25) is 4.79 Å². The molecule has 0 atom stereocenters. The predicted octanol–water partition coefficient (Wildman–Crippen LogP) is 4.51. The fourth-order valence-corrected chi connectivity index (χ4v) is 3.20. The van der Waals surface area contributed by atoms with Gasteiger partial charge in [-0.2, -0.15) is 5.10 Å². The van der Waals surface area contributed by atoms with Gasteiger partial charge in [-0.05, 0) is 55.7 Å². The van der Waals surface area contributed by atoms with Gasteiger partial charge in [-0.1, -0.05) is 35.9 Å². The maximum Gasteiger partial charge on any atom is 0.357 e. The molecule has 1 aliphatic rings. The van der Waals surface area contributed by atoms with E-state index in [-0.39, 0.29) is 0 Å². The highest BCUT2D eigenvalue weighted by atomic mass is 35.5. The smallest absolute Gasteiger partial charge is 0.357 e. The third-order valence-electron chi connectivity index (χ3n) is 4.81. The molecule has 0 aliphatic heterocycles. The van der Waals surface area contributed by atoms with Gasteiger partial charge in [0.15, 0.2) is 12.3 Å². The van der Waals surface area contributed by atoms with Crippen LogP contribution in [-0.4, -0.2) is 28.3 Å². The van der Waals surface area contributed by atoms with E-state index >= 15 is 0 Å². The maximum atomic E-state index is 12.7. The van der Waals surface area contributed by atoms with Crippen molar-refractivity contribution in [2.24, 2.45) is 0 Å². The van der Waals surface area contributed by atoms with Gasteiger partial charge in [0.05, 0.1) is 11.4 Å². The van der Waals surface area contributed by atoms with Crippen molar-refractivity contribution in [1.82, 2.24) is 9.78 Å². The number of benzene rings is 2. The van der Waals surface area contributed by atoms with Crippen LogP contribution >= 0.6 is 11.6 Å². The van der Waals surface area contributed by atoms with Crippen LogP contribution in [0.3, 0.4) is 0 Å². The standard InChI is InChI=1S/C22H20ClN3O3/c1-14-17(23)8-5-9-18(14)24-21(27)13-29-22(28)20-12-19(15-10-11-15)25-26(20)16-6-3-2-4-7-16/h2-9,12,15H,10-11,13H2,1H3,(H,24,27). The van der Waals surface area contributed by atoms with Crippen LogP contribution in [0.2, 0.25) is 5.02 Å². The molecule has 0 bridgehead atoms. The minimum Gasteiger partial charge on any atom is -0.451 e. The molecule has 1 aromatic heterocycles. The zero-order valence-electron chi connectivity index (χ0n) is 15.9. The fraction of sp³-hybridized carbons (Fsp3) is 0.227. The number of ether oxygens (including phenoxy) is 1. The molecule has 3 aromatic rings. The summed E-state index contributed by atoms with van der Waals surface area (Å²) in [5, 5.41) is 7.85. The number of rotatable bonds is 6. The molecule has 1 N–H and O–H groups in total. The van der Waals surface area contributed by atoms with Crippen molar-refractivity contribution in [3.8, 4) is 5.69 Å². The van der Waals surface area contributed by atoms with Crippen LogP contribution in [0.15, 0.2) is 54.6 Å². The Bertz CT molecular complexity index is 1060. The Labute approximate surface area is 173 Å². The number of carbonyl (C=O) groups is 2. The highest BCUT2D eigenvalue weighted by Gasteiger charge is 2.29. The molecule has 0 radical (unpaired) electrons. The van der Waals surface area contributed by atoms with E-state index in [2.05, 4.69) is 10.4 Å². The molecule has 2 aromatic carbocycles. The number of esters is 1. The molecule has 1 saturated carbocycles. The van der Waals surface area contributed by atoms with E-state index in [9.17, 15) is 9.59 Å². The summed E-state index contributed by atoms with van der Waals surface area (Å²) in [5.74, 6) is -0.635. The number of amides is 1. The Morgan fingerprint density at radius 1 is 1.17 bits per heavy atom. The zero-order chi connectivity index (χ0) is 20.4. The van der Waals surface area contributed by atoms with E-state index in [0.29, 0.717) is 22.3 Å².